The fraction of sp³-hybridized carbons (Fsp3) is 0.316. The molecule has 1 N–H and O–H groups in total. The predicted octanol–water partition coefficient (Wildman–Crippen LogP) is 3.06. The SMILES string of the molecule is O=c1[nH]c2ccccc2n1CON1CCN(c2cccc(C(F)(F)F)c2)CC1. The summed E-state index contributed by atoms with van der Waals surface area (Å²) in [7, 11) is 0. The second kappa shape index (κ2) is 7.33. The van der Waals surface area contributed by atoms with E-state index in [1.807, 2.05) is 29.2 Å². The van der Waals surface area contributed by atoms with Crippen LogP contribution < -0.4 is 10.6 Å². The van der Waals surface area contributed by atoms with Crippen LogP contribution in [0.25, 0.3) is 11.0 Å². The third-order valence-electron chi connectivity index (χ3n) is 4.83. The van der Waals surface area contributed by atoms with Crippen LogP contribution in [0.3, 0.4) is 0 Å². The van der Waals surface area contributed by atoms with Crippen LogP contribution >= 0.6 is 0 Å². The Bertz CT molecular complexity index is 1020. The van der Waals surface area contributed by atoms with Gasteiger partial charge in [-0.1, -0.05) is 18.2 Å². The minimum Gasteiger partial charge on any atom is -0.369 e. The molecular weight excluding hydrogens is 373 g/mol. The van der Waals surface area contributed by atoms with Crippen molar-refractivity contribution in [1.29, 1.82) is 0 Å². The van der Waals surface area contributed by atoms with E-state index in [0.29, 0.717) is 31.9 Å². The second-order valence-electron chi connectivity index (χ2n) is 6.60. The number of nitrogens with one attached hydrogen (secondary N) is 1. The average Bonchev–Trinajstić information content (AvgIpc) is 3.01. The van der Waals surface area contributed by atoms with E-state index in [1.54, 1.807) is 11.1 Å². The summed E-state index contributed by atoms with van der Waals surface area (Å²) in [5.74, 6) is 0. The first-order valence-corrected chi connectivity index (χ1v) is 8.89. The van der Waals surface area contributed by atoms with Crippen LogP contribution in [0.5, 0.6) is 0 Å². The van der Waals surface area contributed by atoms with Gasteiger partial charge in [-0.15, -0.1) is 0 Å². The lowest BCUT2D eigenvalue weighted by Crippen LogP contribution is -2.46. The number of nitrogens with zero attached hydrogens (tertiary/aromatic N) is 3. The number of piperazine rings is 1. The number of rotatable bonds is 4. The lowest BCUT2D eigenvalue weighted by Gasteiger charge is -2.35. The molecule has 3 aromatic rings. The predicted molar refractivity (Wildman–Crippen MR) is 98.9 cm³/mol. The maximum atomic E-state index is 12.9. The molecule has 1 aliphatic rings. The lowest BCUT2D eigenvalue weighted by molar-refractivity contribution is -0.189. The van der Waals surface area contributed by atoms with Gasteiger partial charge in [-0.05, 0) is 30.3 Å². The van der Waals surface area contributed by atoms with Crippen molar-refractivity contribution in [2.75, 3.05) is 31.1 Å². The first-order valence-electron chi connectivity index (χ1n) is 8.89. The zero-order valence-electron chi connectivity index (χ0n) is 14.9. The van der Waals surface area contributed by atoms with Crippen molar-refractivity contribution in [3.05, 3.63) is 64.6 Å². The molecule has 9 heteroatoms. The molecule has 2 heterocycles. The summed E-state index contributed by atoms with van der Waals surface area (Å²) in [6.07, 6.45) is -4.35. The number of hydroxylamine groups is 2. The number of H-pyrrole nitrogens is 1. The third kappa shape index (κ3) is 3.76. The van der Waals surface area contributed by atoms with Crippen LogP contribution in [0.2, 0.25) is 0 Å². The molecule has 0 radical (unpaired) electrons. The van der Waals surface area contributed by atoms with Crippen molar-refractivity contribution in [3.63, 3.8) is 0 Å². The topological polar surface area (TPSA) is 53.5 Å². The van der Waals surface area contributed by atoms with E-state index in [9.17, 15) is 18.0 Å². The van der Waals surface area contributed by atoms with Gasteiger partial charge in [0.1, 0.15) is 6.73 Å². The van der Waals surface area contributed by atoms with Crippen LogP contribution in [-0.4, -0.2) is 40.8 Å². The average molecular weight is 392 g/mol. The smallest absolute Gasteiger partial charge is 0.369 e. The number of aromatic amines is 1. The molecule has 6 nitrogen and oxygen atoms in total. The zero-order chi connectivity index (χ0) is 19.7. The number of alkyl halides is 3. The van der Waals surface area contributed by atoms with Gasteiger partial charge in [0.05, 0.1) is 16.6 Å². The first-order chi connectivity index (χ1) is 13.4. The van der Waals surface area contributed by atoms with Gasteiger partial charge in [0.25, 0.3) is 0 Å². The summed E-state index contributed by atoms with van der Waals surface area (Å²) in [6, 6.07) is 12.7. The molecule has 1 fully saturated rings. The van der Waals surface area contributed by atoms with Gasteiger partial charge in [0.15, 0.2) is 0 Å². The molecule has 1 saturated heterocycles. The standard InChI is InChI=1S/C19H19F3N4O2/c20-19(21,22)14-4-3-5-15(12-14)24-8-10-25(11-9-24)28-13-26-17-7-2-1-6-16(17)23-18(26)27/h1-7,12H,8-11,13H2,(H,23,27). The van der Waals surface area contributed by atoms with Gasteiger partial charge in [-0.2, -0.15) is 18.2 Å². The van der Waals surface area contributed by atoms with E-state index >= 15 is 0 Å². The second-order valence-corrected chi connectivity index (χ2v) is 6.60. The van der Waals surface area contributed by atoms with Crippen LogP contribution in [0.4, 0.5) is 18.9 Å². The third-order valence-corrected chi connectivity index (χ3v) is 4.83. The Morgan fingerprint density at radius 1 is 1.00 bits per heavy atom. The molecule has 0 saturated carbocycles. The van der Waals surface area contributed by atoms with Gasteiger partial charge < -0.3 is 9.88 Å². The summed E-state index contributed by atoms with van der Waals surface area (Å²) >= 11 is 0. The number of anilines is 1. The van der Waals surface area contributed by atoms with Crippen LogP contribution in [0.1, 0.15) is 5.56 Å². The molecule has 148 valence electrons. The van der Waals surface area contributed by atoms with Crippen molar-refractivity contribution < 1.29 is 18.0 Å². The number of imidazole rings is 1. The molecule has 0 bridgehead atoms. The van der Waals surface area contributed by atoms with Crippen molar-refractivity contribution in [2.45, 2.75) is 12.9 Å². The van der Waals surface area contributed by atoms with E-state index in [4.69, 9.17) is 4.84 Å². The van der Waals surface area contributed by atoms with Gasteiger partial charge in [-0.3, -0.25) is 9.40 Å². The molecule has 0 unspecified atom stereocenters. The molecule has 0 atom stereocenters. The number of hydrogen-bond donors (Lipinski definition) is 1. The highest BCUT2D eigenvalue weighted by molar-refractivity contribution is 5.74. The molecular formula is C19H19F3N4O2. The number of benzene rings is 2. The summed E-state index contributed by atoms with van der Waals surface area (Å²) in [6.45, 7) is 2.18. The number of hydrogen-bond acceptors (Lipinski definition) is 4. The Hall–Kier alpha value is -2.78. The first kappa shape index (κ1) is 18.6. The summed E-state index contributed by atoms with van der Waals surface area (Å²) in [4.78, 5) is 22.5. The zero-order valence-corrected chi connectivity index (χ0v) is 14.9. The Kier molecular flexibility index (Phi) is 4.86. The van der Waals surface area contributed by atoms with E-state index in [1.165, 1.54) is 16.7 Å². The normalized spacial score (nSPS) is 16.0. The van der Waals surface area contributed by atoms with E-state index in [-0.39, 0.29) is 12.4 Å². The van der Waals surface area contributed by atoms with Crippen molar-refractivity contribution in [2.24, 2.45) is 0 Å². The van der Waals surface area contributed by atoms with Gasteiger partial charge in [-0.25, -0.2) is 4.79 Å². The summed E-state index contributed by atoms with van der Waals surface area (Å²) < 4.78 is 40.2. The number of aromatic nitrogens is 2. The Morgan fingerprint density at radius 3 is 2.50 bits per heavy atom. The maximum absolute atomic E-state index is 12.9. The highest BCUT2D eigenvalue weighted by Gasteiger charge is 2.31. The van der Waals surface area contributed by atoms with Gasteiger partial charge >= 0.3 is 11.9 Å². The molecule has 0 aliphatic carbocycles. The van der Waals surface area contributed by atoms with Crippen molar-refractivity contribution in [3.8, 4) is 0 Å². The van der Waals surface area contributed by atoms with Crippen LogP contribution in [0.15, 0.2) is 53.3 Å². The van der Waals surface area contributed by atoms with Crippen molar-refractivity contribution in [1.82, 2.24) is 14.6 Å². The summed E-state index contributed by atoms with van der Waals surface area (Å²) in [5.41, 5.74) is 1.15. The fourth-order valence-corrected chi connectivity index (χ4v) is 3.33. The molecule has 28 heavy (non-hydrogen) atoms. The molecule has 1 aliphatic heterocycles. The van der Waals surface area contributed by atoms with Gasteiger partial charge in [0, 0.05) is 31.9 Å². The van der Waals surface area contributed by atoms with Crippen LogP contribution in [0, 0.1) is 0 Å². The Morgan fingerprint density at radius 2 is 1.75 bits per heavy atom. The number of para-hydroxylation sites is 2. The van der Waals surface area contributed by atoms with Gasteiger partial charge in [0.2, 0.25) is 0 Å². The number of halogens is 3. The highest BCUT2D eigenvalue weighted by atomic mass is 19.4. The lowest BCUT2D eigenvalue weighted by atomic mass is 10.1. The Balaban J connectivity index is 1.37. The largest absolute Gasteiger partial charge is 0.416 e. The molecule has 0 amide bonds. The maximum Gasteiger partial charge on any atom is 0.416 e. The quantitative estimate of drug-likeness (QED) is 0.742. The van der Waals surface area contributed by atoms with E-state index in [2.05, 4.69) is 4.98 Å². The minimum absolute atomic E-state index is 0.0758. The molecule has 0 spiro atoms. The van der Waals surface area contributed by atoms with E-state index < -0.39 is 11.7 Å². The van der Waals surface area contributed by atoms with E-state index in [0.717, 1.165) is 17.1 Å². The summed E-state index contributed by atoms with van der Waals surface area (Å²) in [5, 5.41) is 1.73. The van der Waals surface area contributed by atoms with Crippen LogP contribution in [-0.2, 0) is 17.7 Å². The number of fused-ring (bicyclic) bond motifs is 1. The minimum atomic E-state index is -4.35. The fourth-order valence-electron chi connectivity index (χ4n) is 3.33. The Labute approximate surface area is 158 Å². The molecule has 1 aromatic heterocycles. The highest BCUT2D eigenvalue weighted by Crippen LogP contribution is 2.31. The molecule has 4 rings (SSSR count). The molecule has 2 aromatic carbocycles. The van der Waals surface area contributed by atoms with Crippen molar-refractivity contribution >= 4 is 16.7 Å². The monoisotopic (exact) mass is 392 g/mol.